The molecule has 0 bridgehead atoms. The number of rotatable bonds is 1. The predicted octanol–water partition coefficient (Wildman–Crippen LogP) is 3.45. The van der Waals surface area contributed by atoms with Crippen molar-refractivity contribution < 1.29 is 0 Å². The van der Waals surface area contributed by atoms with E-state index < -0.39 is 0 Å². The third kappa shape index (κ3) is 2.46. The Morgan fingerprint density at radius 2 is 1.75 bits per heavy atom. The minimum absolute atomic E-state index is 0.264. The van der Waals surface area contributed by atoms with E-state index in [0.29, 0.717) is 12.0 Å². The topological polar surface area (TPSA) is 12.0 Å². The molecule has 1 saturated heterocycles. The molecule has 0 amide bonds. The highest BCUT2D eigenvalue weighted by atomic mass is 14.9. The standard InChI is InChI=1S/C15H23N/c1-11-9-13(10-16-11)12-5-7-14(8-6-12)15(2,3)4/h5-8,11,13,16H,9-10H2,1-4H3. The van der Waals surface area contributed by atoms with E-state index >= 15 is 0 Å². The smallest absolute Gasteiger partial charge is 0.00452 e. The largest absolute Gasteiger partial charge is 0.314 e. The molecular formula is C15H23N. The minimum Gasteiger partial charge on any atom is -0.314 e. The van der Waals surface area contributed by atoms with Gasteiger partial charge in [-0.15, -0.1) is 0 Å². The summed E-state index contributed by atoms with van der Waals surface area (Å²) >= 11 is 0. The van der Waals surface area contributed by atoms with Gasteiger partial charge in [-0.2, -0.15) is 0 Å². The van der Waals surface area contributed by atoms with E-state index in [1.807, 2.05) is 0 Å². The molecule has 1 aliphatic heterocycles. The highest BCUT2D eigenvalue weighted by molar-refractivity contribution is 5.30. The molecule has 1 nitrogen and oxygen atoms in total. The summed E-state index contributed by atoms with van der Waals surface area (Å²) in [7, 11) is 0. The van der Waals surface area contributed by atoms with Crippen LogP contribution in [0.4, 0.5) is 0 Å². The van der Waals surface area contributed by atoms with Gasteiger partial charge in [-0.1, -0.05) is 45.0 Å². The Morgan fingerprint density at radius 1 is 1.12 bits per heavy atom. The van der Waals surface area contributed by atoms with Crippen molar-refractivity contribution >= 4 is 0 Å². The first-order chi connectivity index (χ1) is 7.47. The van der Waals surface area contributed by atoms with Crippen LogP contribution in [-0.4, -0.2) is 12.6 Å². The van der Waals surface area contributed by atoms with Crippen LogP contribution in [0.25, 0.3) is 0 Å². The Labute approximate surface area is 99.3 Å². The Kier molecular flexibility index (Phi) is 3.07. The Bertz CT molecular complexity index is 345. The highest BCUT2D eigenvalue weighted by Crippen LogP contribution is 2.28. The molecule has 1 fully saturated rings. The number of hydrogen-bond donors (Lipinski definition) is 1. The van der Waals surface area contributed by atoms with Gasteiger partial charge < -0.3 is 5.32 Å². The fourth-order valence-electron chi connectivity index (χ4n) is 2.45. The molecule has 1 N–H and O–H groups in total. The summed E-state index contributed by atoms with van der Waals surface area (Å²) in [6, 6.07) is 9.87. The van der Waals surface area contributed by atoms with Gasteiger partial charge in [0, 0.05) is 12.6 Å². The maximum atomic E-state index is 3.51. The van der Waals surface area contributed by atoms with Crippen molar-refractivity contribution in [3.05, 3.63) is 35.4 Å². The SMILES string of the molecule is CC1CC(c2ccc(C(C)(C)C)cc2)CN1. The summed E-state index contributed by atoms with van der Waals surface area (Å²) in [5, 5.41) is 3.51. The average Bonchev–Trinajstić information content (AvgIpc) is 2.64. The molecule has 1 aliphatic rings. The fraction of sp³-hybridized carbons (Fsp3) is 0.600. The van der Waals surface area contributed by atoms with Gasteiger partial charge in [0.1, 0.15) is 0 Å². The van der Waals surface area contributed by atoms with Gasteiger partial charge in [-0.05, 0) is 35.8 Å². The molecule has 1 heterocycles. The molecule has 88 valence electrons. The number of hydrogen-bond acceptors (Lipinski definition) is 1. The van der Waals surface area contributed by atoms with Gasteiger partial charge in [0.2, 0.25) is 0 Å². The zero-order valence-electron chi connectivity index (χ0n) is 10.9. The number of nitrogens with one attached hydrogen (secondary N) is 1. The van der Waals surface area contributed by atoms with Gasteiger partial charge in [-0.25, -0.2) is 0 Å². The van der Waals surface area contributed by atoms with Crippen molar-refractivity contribution in [3.8, 4) is 0 Å². The van der Waals surface area contributed by atoms with E-state index in [4.69, 9.17) is 0 Å². The normalized spacial score (nSPS) is 26.0. The molecule has 2 unspecified atom stereocenters. The monoisotopic (exact) mass is 217 g/mol. The second-order valence-corrected chi connectivity index (χ2v) is 6.11. The molecule has 0 saturated carbocycles. The maximum Gasteiger partial charge on any atom is 0.00452 e. The van der Waals surface area contributed by atoms with Crippen molar-refractivity contribution in [2.45, 2.75) is 51.5 Å². The molecule has 16 heavy (non-hydrogen) atoms. The molecule has 0 radical (unpaired) electrons. The van der Waals surface area contributed by atoms with Crippen LogP contribution in [0.3, 0.4) is 0 Å². The van der Waals surface area contributed by atoms with E-state index in [1.165, 1.54) is 17.5 Å². The van der Waals surface area contributed by atoms with Crippen molar-refractivity contribution in [2.75, 3.05) is 6.54 Å². The summed E-state index contributed by atoms with van der Waals surface area (Å²) in [5.74, 6) is 0.712. The maximum absolute atomic E-state index is 3.51. The summed E-state index contributed by atoms with van der Waals surface area (Å²) in [6.07, 6.45) is 1.27. The second-order valence-electron chi connectivity index (χ2n) is 6.11. The van der Waals surface area contributed by atoms with E-state index in [2.05, 4.69) is 57.3 Å². The van der Waals surface area contributed by atoms with Crippen LogP contribution in [0.2, 0.25) is 0 Å². The van der Waals surface area contributed by atoms with E-state index in [-0.39, 0.29) is 5.41 Å². The molecule has 2 atom stereocenters. The molecule has 1 aromatic carbocycles. The molecule has 2 rings (SSSR count). The first kappa shape index (κ1) is 11.7. The molecule has 0 aliphatic carbocycles. The van der Waals surface area contributed by atoms with Gasteiger partial charge in [-0.3, -0.25) is 0 Å². The van der Waals surface area contributed by atoms with Crippen LogP contribution in [-0.2, 0) is 5.41 Å². The van der Waals surface area contributed by atoms with Crippen molar-refractivity contribution in [1.29, 1.82) is 0 Å². The quantitative estimate of drug-likeness (QED) is 0.759. The predicted molar refractivity (Wildman–Crippen MR) is 70.0 cm³/mol. The lowest BCUT2D eigenvalue weighted by atomic mass is 9.85. The molecule has 0 aromatic heterocycles. The van der Waals surface area contributed by atoms with Gasteiger partial charge in [0.05, 0.1) is 0 Å². The second kappa shape index (κ2) is 4.21. The summed E-state index contributed by atoms with van der Waals surface area (Å²) in [6.45, 7) is 10.2. The zero-order valence-corrected chi connectivity index (χ0v) is 10.9. The molecular weight excluding hydrogens is 194 g/mol. The first-order valence-electron chi connectivity index (χ1n) is 6.30. The summed E-state index contributed by atoms with van der Waals surface area (Å²) in [5.41, 5.74) is 3.18. The van der Waals surface area contributed by atoms with E-state index in [1.54, 1.807) is 0 Å². The van der Waals surface area contributed by atoms with E-state index in [9.17, 15) is 0 Å². The average molecular weight is 217 g/mol. The van der Waals surface area contributed by atoms with Gasteiger partial charge >= 0.3 is 0 Å². The lowest BCUT2D eigenvalue weighted by Crippen LogP contribution is -2.16. The van der Waals surface area contributed by atoms with Crippen molar-refractivity contribution in [2.24, 2.45) is 0 Å². The summed E-state index contributed by atoms with van der Waals surface area (Å²) < 4.78 is 0. The Hall–Kier alpha value is -0.820. The third-order valence-electron chi connectivity index (χ3n) is 3.60. The Morgan fingerprint density at radius 3 is 2.19 bits per heavy atom. The van der Waals surface area contributed by atoms with Crippen LogP contribution in [0, 0.1) is 0 Å². The highest BCUT2D eigenvalue weighted by Gasteiger charge is 2.22. The molecule has 1 aromatic rings. The van der Waals surface area contributed by atoms with E-state index in [0.717, 1.165) is 6.54 Å². The fourth-order valence-corrected chi connectivity index (χ4v) is 2.45. The Balaban J connectivity index is 2.14. The number of benzene rings is 1. The lowest BCUT2D eigenvalue weighted by Gasteiger charge is -2.20. The lowest BCUT2D eigenvalue weighted by molar-refractivity contribution is 0.589. The van der Waals surface area contributed by atoms with Crippen LogP contribution in [0.15, 0.2) is 24.3 Å². The third-order valence-corrected chi connectivity index (χ3v) is 3.60. The molecule has 0 spiro atoms. The van der Waals surface area contributed by atoms with Crippen LogP contribution in [0.5, 0.6) is 0 Å². The minimum atomic E-state index is 0.264. The van der Waals surface area contributed by atoms with Crippen molar-refractivity contribution in [1.82, 2.24) is 5.32 Å². The van der Waals surface area contributed by atoms with Crippen LogP contribution in [0.1, 0.15) is 51.2 Å². The summed E-state index contributed by atoms with van der Waals surface area (Å²) in [4.78, 5) is 0. The van der Waals surface area contributed by atoms with Gasteiger partial charge in [0.15, 0.2) is 0 Å². The molecule has 1 heteroatoms. The first-order valence-corrected chi connectivity index (χ1v) is 6.30. The van der Waals surface area contributed by atoms with Gasteiger partial charge in [0.25, 0.3) is 0 Å². The van der Waals surface area contributed by atoms with Crippen molar-refractivity contribution in [3.63, 3.8) is 0 Å². The van der Waals surface area contributed by atoms with Crippen LogP contribution < -0.4 is 5.32 Å². The van der Waals surface area contributed by atoms with Crippen LogP contribution >= 0.6 is 0 Å². The zero-order chi connectivity index (χ0) is 11.8.